The molecule has 1 aliphatic rings. The van der Waals surface area contributed by atoms with Gasteiger partial charge in [-0.2, -0.15) is 0 Å². The summed E-state index contributed by atoms with van der Waals surface area (Å²) in [5, 5.41) is 0.462. The second-order valence-electron chi connectivity index (χ2n) is 5.24. The van der Waals surface area contributed by atoms with Gasteiger partial charge in [0.15, 0.2) is 0 Å². The van der Waals surface area contributed by atoms with Gasteiger partial charge in [-0.15, -0.1) is 0 Å². The second-order valence-corrected chi connectivity index (χ2v) is 7.54. The Labute approximate surface area is 135 Å². The van der Waals surface area contributed by atoms with Crippen LogP contribution in [-0.4, -0.2) is 21.6 Å². The van der Waals surface area contributed by atoms with Crippen LogP contribution in [0, 0.1) is 6.92 Å². The Hall–Kier alpha value is -1.72. The highest BCUT2D eigenvalue weighted by Gasteiger charge is 2.29. The Kier molecular flexibility index (Phi) is 4.02. The van der Waals surface area contributed by atoms with E-state index in [1.165, 1.54) is 4.31 Å². The minimum atomic E-state index is -3.52. The van der Waals surface area contributed by atoms with E-state index in [9.17, 15) is 8.42 Å². The van der Waals surface area contributed by atoms with Gasteiger partial charge in [0.25, 0.3) is 0 Å². The lowest BCUT2D eigenvalue weighted by Gasteiger charge is -2.30. The van der Waals surface area contributed by atoms with Gasteiger partial charge in [-0.05, 0) is 36.2 Å². The SMILES string of the molecule is Cc1ccc2c(c1)N(S(=O)(=O)Cc1ccccc1Cl)CCO2. The molecule has 0 amide bonds. The lowest BCUT2D eigenvalue weighted by molar-refractivity contribution is 0.315. The van der Waals surface area contributed by atoms with E-state index in [1.807, 2.05) is 25.1 Å². The number of ether oxygens (including phenoxy) is 1. The highest BCUT2D eigenvalue weighted by atomic mass is 35.5. The molecule has 0 spiro atoms. The summed E-state index contributed by atoms with van der Waals surface area (Å²) in [5.74, 6) is 0.472. The number of aryl methyl sites for hydroxylation is 1. The summed E-state index contributed by atoms with van der Waals surface area (Å²) in [7, 11) is -3.52. The standard InChI is InChI=1S/C16H16ClNO3S/c1-12-6-7-16-15(10-12)18(8-9-21-16)22(19,20)11-13-4-2-3-5-14(13)17/h2-7,10H,8-9,11H2,1H3. The van der Waals surface area contributed by atoms with E-state index >= 15 is 0 Å². The quantitative estimate of drug-likeness (QED) is 0.862. The van der Waals surface area contributed by atoms with Crippen LogP contribution in [0.2, 0.25) is 5.02 Å². The molecular formula is C16H16ClNO3S. The maximum absolute atomic E-state index is 12.8. The summed E-state index contributed by atoms with van der Waals surface area (Å²) in [6.07, 6.45) is 0. The molecule has 1 aliphatic heterocycles. The van der Waals surface area contributed by atoms with Crippen LogP contribution in [0.5, 0.6) is 5.75 Å². The molecule has 4 nitrogen and oxygen atoms in total. The first kappa shape index (κ1) is 15.2. The first-order chi connectivity index (χ1) is 10.5. The summed E-state index contributed by atoms with van der Waals surface area (Å²) < 4.78 is 32.6. The number of anilines is 1. The topological polar surface area (TPSA) is 46.6 Å². The van der Waals surface area contributed by atoms with Crippen LogP contribution in [0.25, 0.3) is 0 Å². The molecular weight excluding hydrogens is 322 g/mol. The van der Waals surface area contributed by atoms with E-state index in [4.69, 9.17) is 16.3 Å². The molecule has 2 aromatic rings. The van der Waals surface area contributed by atoms with Gasteiger partial charge in [0.2, 0.25) is 10.0 Å². The molecule has 3 rings (SSSR count). The van der Waals surface area contributed by atoms with Crippen molar-refractivity contribution in [3.05, 3.63) is 58.6 Å². The van der Waals surface area contributed by atoms with Crippen molar-refractivity contribution in [1.82, 2.24) is 0 Å². The molecule has 2 aromatic carbocycles. The highest BCUT2D eigenvalue weighted by Crippen LogP contribution is 2.35. The molecule has 0 saturated carbocycles. The molecule has 0 N–H and O–H groups in total. The van der Waals surface area contributed by atoms with E-state index in [1.54, 1.807) is 24.3 Å². The van der Waals surface area contributed by atoms with Crippen LogP contribution in [0.15, 0.2) is 42.5 Å². The Morgan fingerprint density at radius 1 is 1.23 bits per heavy atom. The van der Waals surface area contributed by atoms with Crippen LogP contribution in [0.4, 0.5) is 5.69 Å². The van der Waals surface area contributed by atoms with Gasteiger partial charge < -0.3 is 4.74 Å². The van der Waals surface area contributed by atoms with Crippen LogP contribution in [-0.2, 0) is 15.8 Å². The van der Waals surface area contributed by atoms with Crippen LogP contribution in [0.3, 0.4) is 0 Å². The number of nitrogens with zero attached hydrogens (tertiary/aromatic N) is 1. The van der Waals surface area contributed by atoms with Gasteiger partial charge in [-0.25, -0.2) is 8.42 Å². The smallest absolute Gasteiger partial charge is 0.239 e. The van der Waals surface area contributed by atoms with Gasteiger partial charge in [0.05, 0.1) is 18.0 Å². The number of benzene rings is 2. The van der Waals surface area contributed by atoms with E-state index in [0.29, 0.717) is 35.2 Å². The molecule has 0 saturated heterocycles. The number of rotatable bonds is 3. The van der Waals surface area contributed by atoms with E-state index < -0.39 is 10.0 Å². The Balaban J connectivity index is 1.98. The first-order valence-corrected chi connectivity index (χ1v) is 8.93. The third-order valence-corrected chi connectivity index (χ3v) is 5.66. The van der Waals surface area contributed by atoms with Gasteiger partial charge in [0, 0.05) is 5.02 Å². The van der Waals surface area contributed by atoms with Crippen molar-refractivity contribution >= 4 is 27.3 Å². The fourth-order valence-electron chi connectivity index (χ4n) is 2.48. The molecule has 1 heterocycles. The lowest BCUT2D eigenvalue weighted by Crippen LogP contribution is -2.38. The predicted octanol–water partition coefficient (Wildman–Crippen LogP) is 3.38. The minimum absolute atomic E-state index is 0.125. The molecule has 22 heavy (non-hydrogen) atoms. The number of sulfonamides is 1. The third-order valence-electron chi connectivity index (χ3n) is 3.57. The van der Waals surface area contributed by atoms with Crippen LogP contribution >= 0.6 is 11.6 Å². The van der Waals surface area contributed by atoms with Gasteiger partial charge in [-0.1, -0.05) is 35.9 Å². The summed E-state index contributed by atoms with van der Waals surface area (Å²) in [6, 6.07) is 12.5. The van der Waals surface area contributed by atoms with E-state index in [-0.39, 0.29) is 5.75 Å². The maximum atomic E-state index is 12.8. The molecule has 0 aromatic heterocycles. The average molecular weight is 338 g/mol. The summed E-state index contributed by atoms with van der Waals surface area (Å²) in [6.45, 7) is 2.58. The average Bonchev–Trinajstić information content (AvgIpc) is 2.48. The molecule has 0 aliphatic carbocycles. The van der Waals surface area contributed by atoms with Crippen molar-refractivity contribution in [2.45, 2.75) is 12.7 Å². The molecule has 0 fully saturated rings. The predicted molar refractivity (Wildman–Crippen MR) is 88.1 cm³/mol. The monoisotopic (exact) mass is 337 g/mol. The summed E-state index contributed by atoms with van der Waals surface area (Å²) >= 11 is 6.09. The fourth-order valence-corrected chi connectivity index (χ4v) is 4.36. The summed E-state index contributed by atoms with van der Waals surface area (Å²) in [4.78, 5) is 0. The van der Waals surface area contributed by atoms with Crippen LogP contribution < -0.4 is 9.04 Å². The van der Waals surface area contributed by atoms with Crippen molar-refractivity contribution in [3.63, 3.8) is 0 Å². The molecule has 6 heteroatoms. The van der Waals surface area contributed by atoms with Crippen molar-refractivity contribution in [1.29, 1.82) is 0 Å². The number of hydrogen-bond acceptors (Lipinski definition) is 3. The Bertz CT molecular complexity index is 805. The van der Waals surface area contributed by atoms with E-state index in [2.05, 4.69) is 0 Å². The minimum Gasteiger partial charge on any atom is -0.489 e. The van der Waals surface area contributed by atoms with Crippen molar-refractivity contribution in [2.24, 2.45) is 0 Å². The second kappa shape index (κ2) is 5.82. The maximum Gasteiger partial charge on any atom is 0.239 e. The first-order valence-electron chi connectivity index (χ1n) is 6.95. The number of halogens is 1. The van der Waals surface area contributed by atoms with Gasteiger partial charge in [-0.3, -0.25) is 4.31 Å². The van der Waals surface area contributed by atoms with Crippen LogP contribution in [0.1, 0.15) is 11.1 Å². The molecule has 0 unspecified atom stereocenters. The van der Waals surface area contributed by atoms with Crippen molar-refractivity contribution < 1.29 is 13.2 Å². The van der Waals surface area contributed by atoms with Crippen molar-refractivity contribution in [2.75, 3.05) is 17.5 Å². The third kappa shape index (κ3) is 2.91. The highest BCUT2D eigenvalue weighted by molar-refractivity contribution is 7.92. The lowest BCUT2D eigenvalue weighted by atomic mass is 10.2. The fraction of sp³-hybridized carbons (Fsp3) is 0.250. The zero-order valence-electron chi connectivity index (χ0n) is 12.1. The van der Waals surface area contributed by atoms with E-state index in [0.717, 1.165) is 5.56 Å². The Morgan fingerprint density at radius 2 is 2.00 bits per heavy atom. The number of hydrogen-bond donors (Lipinski definition) is 0. The molecule has 116 valence electrons. The zero-order chi connectivity index (χ0) is 15.7. The molecule has 0 atom stereocenters. The molecule has 0 bridgehead atoms. The summed E-state index contributed by atoms with van der Waals surface area (Å²) in [5.41, 5.74) is 2.19. The largest absolute Gasteiger partial charge is 0.489 e. The number of fused-ring (bicyclic) bond motifs is 1. The zero-order valence-corrected chi connectivity index (χ0v) is 13.7. The molecule has 0 radical (unpaired) electrons. The Morgan fingerprint density at radius 3 is 2.77 bits per heavy atom. The normalized spacial score (nSPS) is 14.4. The van der Waals surface area contributed by atoms with Gasteiger partial charge >= 0.3 is 0 Å². The van der Waals surface area contributed by atoms with Crippen molar-refractivity contribution in [3.8, 4) is 5.75 Å². The van der Waals surface area contributed by atoms with Gasteiger partial charge in [0.1, 0.15) is 12.4 Å².